The SMILES string of the molecule is CCCCC(N)C1(O)CC(C)(C)NC(C)(C)C1. The fraction of sp³-hybridized carbons (Fsp3) is 1.00. The van der Waals surface area contributed by atoms with Gasteiger partial charge < -0.3 is 16.2 Å². The van der Waals surface area contributed by atoms with Crippen LogP contribution in [0.3, 0.4) is 0 Å². The topological polar surface area (TPSA) is 58.3 Å². The highest BCUT2D eigenvalue weighted by Gasteiger charge is 2.48. The van der Waals surface area contributed by atoms with Crippen LogP contribution in [0.1, 0.15) is 66.7 Å². The van der Waals surface area contributed by atoms with Crippen molar-refractivity contribution in [1.82, 2.24) is 5.32 Å². The van der Waals surface area contributed by atoms with E-state index in [0.717, 1.165) is 32.1 Å². The summed E-state index contributed by atoms with van der Waals surface area (Å²) in [6.07, 6.45) is 4.61. The molecule has 3 heteroatoms. The van der Waals surface area contributed by atoms with E-state index >= 15 is 0 Å². The van der Waals surface area contributed by atoms with Gasteiger partial charge in [-0.3, -0.25) is 0 Å². The summed E-state index contributed by atoms with van der Waals surface area (Å²) in [6, 6.07) is -0.108. The molecule has 0 aromatic heterocycles. The van der Waals surface area contributed by atoms with E-state index in [9.17, 15) is 5.11 Å². The zero-order valence-electron chi connectivity index (χ0n) is 12.1. The normalized spacial score (nSPS) is 27.7. The molecule has 102 valence electrons. The maximum atomic E-state index is 10.9. The van der Waals surface area contributed by atoms with Crippen LogP contribution in [0, 0.1) is 0 Å². The van der Waals surface area contributed by atoms with Crippen LogP contribution in [0.2, 0.25) is 0 Å². The molecule has 0 amide bonds. The molecule has 17 heavy (non-hydrogen) atoms. The summed E-state index contributed by atoms with van der Waals surface area (Å²) >= 11 is 0. The first-order chi connectivity index (χ1) is 7.60. The largest absolute Gasteiger partial charge is 0.388 e. The van der Waals surface area contributed by atoms with Gasteiger partial charge in [-0.1, -0.05) is 19.8 Å². The Hall–Kier alpha value is -0.120. The van der Waals surface area contributed by atoms with Crippen molar-refractivity contribution in [2.45, 2.75) is 89.4 Å². The number of nitrogens with one attached hydrogen (secondary N) is 1. The fourth-order valence-corrected chi connectivity index (χ4v) is 3.55. The van der Waals surface area contributed by atoms with E-state index in [1.807, 2.05) is 0 Å². The van der Waals surface area contributed by atoms with Crippen molar-refractivity contribution in [3.63, 3.8) is 0 Å². The quantitative estimate of drug-likeness (QED) is 0.708. The molecule has 1 aliphatic heterocycles. The second-order valence-corrected chi connectivity index (χ2v) is 7.10. The number of aliphatic hydroxyl groups is 1. The summed E-state index contributed by atoms with van der Waals surface area (Å²) in [5, 5.41) is 14.5. The van der Waals surface area contributed by atoms with E-state index < -0.39 is 5.60 Å². The highest BCUT2D eigenvalue weighted by atomic mass is 16.3. The van der Waals surface area contributed by atoms with Crippen molar-refractivity contribution >= 4 is 0 Å². The summed E-state index contributed by atoms with van der Waals surface area (Å²) in [5.41, 5.74) is 5.39. The number of piperidine rings is 1. The van der Waals surface area contributed by atoms with Crippen LogP contribution in [0.15, 0.2) is 0 Å². The first-order valence-corrected chi connectivity index (χ1v) is 6.88. The molecule has 0 saturated carbocycles. The van der Waals surface area contributed by atoms with Gasteiger partial charge in [0.25, 0.3) is 0 Å². The van der Waals surface area contributed by atoms with E-state index in [0.29, 0.717) is 0 Å². The predicted octanol–water partition coefficient (Wildman–Crippen LogP) is 2.18. The maximum Gasteiger partial charge on any atom is 0.0832 e. The van der Waals surface area contributed by atoms with Crippen LogP contribution in [0.4, 0.5) is 0 Å². The molecule has 1 unspecified atom stereocenters. The molecule has 4 N–H and O–H groups in total. The molecule has 1 heterocycles. The molecule has 1 aliphatic rings. The zero-order valence-corrected chi connectivity index (χ0v) is 12.1. The number of hydrogen-bond acceptors (Lipinski definition) is 3. The molecular weight excluding hydrogens is 212 g/mol. The van der Waals surface area contributed by atoms with Gasteiger partial charge >= 0.3 is 0 Å². The van der Waals surface area contributed by atoms with Crippen LogP contribution in [-0.2, 0) is 0 Å². The lowest BCUT2D eigenvalue weighted by molar-refractivity contribution is -0.0750. The van der Waals surface area contributed by atoms with Gasteiger partial charge in [0.05, 0.1) is 5.60 Å². The van der Waals surface area contributed by atoms with Crippen molar-refractivity contribution in [1.29, 1.82) is 0 Å². The van der Waals surface area contributed by atoms with Crippen molar-refractivity contribution in [2.75, 3.05) is 0 Å². The van der Waals surface area contributed by atoms with Crippen LogP contribution in [0.5, 0.6) is 0 Å². The highest BCUT2D eigenvalue weighted by molar-refractivity contribution is 5.07. The number of unbranched alkanes of at least 4 members (excludes halogenated alkanes) is 1. The molecule has 1 rings (SSSR count). The first-order valence-electron chi connectivity index (χ1n) is 6.88. The Morgan fingerprint density at radius 3 is 2.06 bits per heavy atom. The summed E-state index contributed by atoms with van der Waals surface area (Å²) in [6.45, 7) is 10.7. The Morgan fingerprint density at radius 2 is 1.65 bits per heavy atom. The van der Waals surface area contributed by atoms with Crippen LogP contribution in [-0.4, -0.2) is 27.8 Å². The molecule has 0 aromatic rings. The zero-order chi connectivity index (χ0) is 13.3. The standard InChI is InChI=1S/C14H30N2O/c1-6-7-8-11(15)14(17)9-12(2,3)16-13(4,5)10-14/h11,16-17H,6-10,15H2,1-5H3. The summed E-state index contributed by atoms with van der Waals surface area (Å²) in [5.74, 6) is 0. The Morgan fingerprint density at radius 1 is 1.18 bits per heavy atom. The second kappa shape index (κ2) is 4.87. The van der Waals surface area contributed by atoms with Gasteiger partial charge in [0.1, 0.15) is 0 Å². The lowest BCUT2D eigenvalue weighted by atomic mass is 9.69. The first kappa shape index (κ1) is 14.9. The van der Waals surface area contributed by atoms with Crippen LogP contribution in [0.25, 0.3) is 0 Å². The molecule has 0 radical (unpaired) electrons. The third-order valence-corrected chi connectivity index (χ3v) is 3.73. The number of rotatable bonds is 4. The van der Waals surface area contributed by atoms with Crippen molar-refractivity contribution in [3.8, 4) is 0 Å². The van der Waals surface area contributed by atoms with Crippen molar-refractivity contribution in [2.24, 2.45) is 5.73 Å². The molecule has 0 bridgehead atoms. The van der Waals surface area contributed by atoms with Crippen LogP contribution >= 0.6 is 0 Å². The lowest BCUT2D eigenvalue weighted by Gasteiger charge is -2.52. The van der Waals surface area contributed by atoms with Gasteiger partial charge in [0, 0.05) is 17.1 Å². The van der Waals surface area contributed by atoms with E-state index in [1.54, 1.807) is 0 Å². The third-order valence-electron chi connectivity index (χ3n) is 3.73. The van der Waals surface area contributed by atoms with Gasteiger partial charge in [-0.25, -0.2) is 0 Å². The molecule has 3 nitrogen and oxygen atoms in total. The Balaban J connectivity index is 2.79. The molecular formula is C14H30N2O. The molecule has 0 aromatic carbocycles. The van der Waals surface area contributed by atoms with Gasteiger partial charge in [0.2, 0.25) is 0 Å². The highest BCUT2D eigenvalue weighted by Crippen LogP contribution is 2.38. The van der Waals surface area contributed by atoms with Gasteiger partial charge in [0.15, 0.2) is 0 Å². The van der Waals surface area contributed by atoms with Crippen molar-refractivity contribution < 1.29 is 5.11 Å². The number of hydrogen-bond donors (Lipinski definition) is 3. The van der Waals surface area contributed by atoms with Gasteiger partial charge in [-0.15, -0.1) is 0 Å². The van der Waals surface area contributed by atoms with E-state index in [-0.39, 0.29) is 17.1 Å². The number of nitrogens with two attached hydrogens (primary N) is 1. The van der Waals surface area contributed by atoms with E-state index in [1.165, 1.54) is 0 Å². The molecule has 1 saturated heterocycles. The van der Waals surface area contributed by atoms with E-state index in [2.05, 4.69) is 39.9 Å². The monoisotopic (exact) mass is 242 g/mol. The van der Waals surface area contributed by atoms with Gasteiger partial charge in [-0.05, 0) is 47.0 Å². The fourth-order valence-electron chi connectivity index (χ4n) is 3.55. The smallest absolute Gasteiger partial charge is 0.0832 e. The average molecular weight is 242 g/mol. The third kappa shape index (κ3) is 3.94. The van der Waals surface area contributed by atoms with Crippen LogP contribution < -0.4 is 11.1 Å². The molecule has 0 aliphatic carbocycles. The van der Waals surface area contributed by atoms with Crippen molar-refractivity contribution in [3.05, 3.63) is 0 Å². The Bertz CT molecular complexity index is 245. The Kier molecular flexibility index (Phi) is 4.28. The van der Waals surface area contributed by atoms with Gasteiger partial charge in [-0.2, -0.15) is 0 Å². The summed E-state index contributed by atoms with van der Waals surface area (Å²) in [4.78, 5) is 0. The summed E-state index contributed by atoms with van der Waals surface area (Å²) in [7, 11) is 0. The molecule has 1 atom stereocenters. The average Bonchev–Trinajstić information content (AvgIpc) is 2.07. The second-order valence-electron chi connectivity index (χ2n) is 7.10. The van der Waals surface area contributed by atoms with E-state index in [4.69, 9.17) is 5.73 Å². The predicted molar refractivity (Wildman–Crippen MR) is 73.0 cm³/mol. The maximum absolute atomic E-state index is 10.9. The minimum absolute atomic E-state index is 0.0552. The Labute approximate surface area is 106 Å². The lowest BCUT2D eigenvalue weighted by Crippen LogP contribution is -2.67. The molecule has 1 fully saturated rings. The minimum atomic E-state index is -0.729. The summed E-state index contributed by atoms with van der Waals surface area (Å²) < 4.78 is 0. The molecule has 0 spiro atoms. The minimum Gasteiger partial charge on any atom is -0.388 e.